The summed E-state index contributed by atoms with van der Waals surface area (Å²) in [7, 11) is -2.27. The van der Waals surface area contributed by atoms with Crippen molar-refractivity contribution in [1.29, 1.82) is 0 Å². The maximum Gasteiger partial charge on any atom is 0.342 e. The molecule has 0 aliphatic rings. The van der Waals surface area contributed by atoms with Crippen LogP contribution >= 0.6 is 0 Å². The topological polar surface area (TPSA) is 95.7 Å². The molecule has 0 radical (unpaired) electrons. The van der Waals surface area contributed by atoms with Crippen LogP contribution in [0.5, 0.6) is 5.75 Å². The average Bonchev–Trinajstić information content (AvgIpc) is 3.22. The quantitative estimate of drug-likeness (QED) is 0.559. The van der Waals surface area contributed by atoms with Crippen molar-refractivity contribution >= 4 is 15.8 Å². The minimum Gasteiger partial charge on any atom is -0.495 e. The van der Waals surface area contributed by atoms with Crippen LogP contribution < -0.4 is 4.74 Å². The van der Waals surface area contributed by atoms with Gasteiger partial charge in [-0.3, -0.25) is 0 Å². The summed E-state index contributed by atoms with van der Waals surface area (Å²) < 4.78 is 41.1. The molecule has 0 unspecified atom stereocenters. The maximum absolute atomic E-state index is 12.8. The Balaban J connectivity index is 2.14. The highest BCUT2D eigenvalue weighted by molar-refractivity contribution is 7.90. The highest BCUT2D eigenvalue weighted by atomic mass is 32.2. The Hall–Kier alpha value is -3.13. The van der Waals surface area contributed by atoms with Crippen molar-refractivity contribution in [2.45, 2.75) is 17.6 Å². The monoisotopic (exact) mass is 401 g/mol. The van der Waals surface area contributed by atoms with Gasteiger partial charge in [-0.2, -0.15) is 0 Å². The number of ether oxygens (including phenoxy) is 2. The fraction of sp³-hybridized carbons (Fsp3) is 0.200. The summed E-state index contributed by atoms with van der Waals surface area (Å²) in [5, 5.41) is 3.87. The van der Waals surface area contributed by atoms with Gasteiger partial charge in [-0.1, -0.05) is 29.4 Å². The number of methoxy groups -OCH3 is 1. The highest BCUT2D eigenvalue weighted by Crippen LogP contribution is 2.36. The van der Waals surface area contributed by atoms with Crippen LogP contribution in [0, 0.1) is 0 Å². The molecule has 0 fully saturated rings. The number of benzene rings is 2. The molecule has 0 N–H and O–H groups in total. The molecular formula is C20H19NO6S. The number of carbonyl (C=O) groups is 1. The van der Waals surface area contributed by atoms with Gasteiger partial charge < -0.3 is 14.0 Å². The van der Waals surface area contributed by atoms with Crippen molar-refractivity contribution in [2.24, 2.45) is 0 Å². The highest BCUT2D eigenvalue weighted by Gasteiger charge is 2.27. The minimum absolute atomic E-state index is 0.0596. The van der Waals surface area contributed by atoms with E-state index >= 15 is 0 Å². The SMILES string of the molecule is CCOC(=O)c1c(CS(=O)(=O)c2ccccc2)ccc(-c2ccon2)c1OC. The lowest BCUT2D eigenvalue weighted by atomic mass is 10.0. The van der Waals surface area contributed by atoms with Gasteiger partial charge in [0.2, 0.25) is 0 Å². The first kappa shape index (κ1) is 19.6. The second-order valence-electron chi connectivity index (χ2n) is 5.86. The first-order valence-corrected chi connectivity index (χ1v) is 10.2. The van der Waals surface area contributed by atoms with Gasteiger partial charge in [0, 0.05) is 11.6 Å². The van der Waals surface area contributed by atoms with Crippen LogP contribution in [0.2, 0.25) is 0 Å². The van der Waals surface area contributed by atoms with E-state index in [0.29, 0.717) is 11.3 Å². The molecule has 1 heterocycles. The van der Waals surface area contributed by atoms with Crippen LogP contribution in [-0.4, -0.2) is 33.3 Å². The second-order valence-corrected chi connectivity index (χ2v) is 7.85. The predicted octanol–water partition coefficient (Wildman–Crippen LogP) is 3.50. The largest absolute Gasteiger partial charge is 0.495 e. The number of sulfone groups is 1. The fourth-order valence-corrected chi connectivity index (χ4v) is 4.24. The van der Waals surface area contributed by atoms with E-state index in [1.807, 2.05) is 0 Å². The molecule has 0 amide bonds. The molecule has 0 aliphatic carbocycles. The first-order chi connectivity index (χ1) is 13.5. The summed E-state index contributed by atoms with van der Waals surface area (Å²) in [6.45, 7) is 1.81. The van der Waals surface area contributed by atoms with Gasteiger partial charge in [0.25, 0.3) is 0 Å². The molecule has 8 heteroatoms. The molecule has 1 aromatic heterocycles. The lowest BCUT2D eigenvalue weighted by molar-refractivity contribution is 0.0522. The fourth-order valence-electron chi connectivity index (χ4n) is 2.85. The Kier molecular flexibility index (Phi) is 5.79. The minimum atomic E-state index is -3.67. The Morgan fingerprint density at radius 2 is 1.86 bits per heavy atom. The van der Waals surface area contributed by atoms with Crippen molar-refractivity contribution in [3.05, 3.63) is 65.9 Å². The van der Waals surface area contributed by atoms with Crippen LogP contribution in [0.1, 0.15) is 22.8 Å². The molecule has 0 spiro atoms. The van der Waals surface area contributed by atoms with Gasteiger partial charge in [-0.25, -0.2) is 13.2 Å². The summed E-state index contributed by atoms with van der Waals surface area (Å²) in [4.78, 5) is 12.8. The van der Waals surface area contributed by atoms with E-state index < -0.39 is 15.8 Å². The van der Waals surface area contributed by atoms with E-state index in [9.17, 15) is 13.2 Å². The normalized spacial score (nSPS) is 11.2. The number of rotatable bonds is 7. The number of esters is 1. The van der Waals surface area contributed by atoms with E-state index in [1.165, 1.54) is 25.5 Å². The molecule has 0 atom stereocenters. The van der Waals surface area contributed by atoms with Crippen molar-refractivity contribution < 1.29 is 27.2 Å². The zero-order chi connectivity index (χ0) is 20.1. The van der Waals surface area contributed by atoms with Gasteiger partial charge in [0.1, 0.15) is 23.3 Å². The maximum atomic E-state index is 12.8. The van der Waals surface area contributed by atoms with Crippen LogP contribution in [0.3, 0.4) is 0 Å². The lowest BCUT2D eigenvalue weighted by Crippen LogP contribution is -2.14. The van der Waals surface area contributed by atoms with E-state index in [0.717, 1.165) is 0 Å². The predicted molar refractivity (Wildman–Crippen MR) is 102 cm³/mol. The smallest absolute Gasteiger partial charge is 0.342 e. The third kappa shape index (κ3) is 3.91. The number of hydrogen-bond donors (Lipinski definition) is 0. The Labute approximate surface area is 162 Å². The van der Waals surface area contributed by atoms with Gasteiger partial charge in [0.05, 0.1) is 24.4 Å². The summed E-state index contributed by atoms with van der Waals surface area (Å²) in [5.74, 6) is -0.850. The summed E-state index contributed by atoms with van der Waals surface area (Å²) >= 11 is 0. The molecule has 0 saturated carbocycles. The third-order valence-corrected chi connectivity index (χ3v) is 5.77. The number of nitrogens with zero attached hydrogens (tertiary/aromatic N) is 1. The van der Waals surface area contributed by atoms with Gasteiger partial charge in [-0.15, -0.1) is 0 Å². The van der Waals surface area contributed by atoms with E-state index in [-0.39, 0.29) is 34.1 Å². The van der Waals surface area contributed by atoms with Crippen molar-refractivity contribution in [3.8, 4) is 17.0 Å². The lowest BCUT2D eigenvalue weighted by Gasteiger charge is -2.16. The number of hydrogen-bond acceptors (Lipinski definition) is 7. The van der Waals surface area contributed by atoms with Crippen molar-refractivity contribution in [3.63, 3.8) is 0 Å². The molecule has 3 aromatic rings. The van der Waals surface area contributed by atoms with Crippen molar-refractivity contribution in [1.82, 2.24) is 5.16 Å². The van der Waals surface area contributed by atoms with Gasteiger partial charge in [0.15, 0.2) is 9.84 Å². The molecule has 0 aliphatic heterocycles. The zero-order valence-corrected chi connectivity index (χ0v) is 16.2. The van der Waals surface area contributed by atoms with Crippen LogP contribution in [0.15, 0.2) is 64.2 Å². The Morgan fingerprint density at radius 3 is 2.46 bits per heavy atom. The molecule has 2 aromatic carbocycles. The molecule has 3 rings (SSSR count). The molecule has 7 nitrogen and oxygen atoms in total. The molecule has 0 bridgehead atoms. The Morgan fingerprint density at radius 1 is 1.11 bits per heavy atom. The molecule has 146 valence electrons. The average molecular weight is 401 g/mol. The molecule has 0 saturated heterocycles. The number of aromatic nitrogens is 1. The van der Waals surface area contributed by atoms with Crippen LogP contribution in [0.25, 0.3) is 11.3 Å². The Bertz CT molecular complexity index is 1060. The van der Waals surface area contributed by atoms with Gasteiger partial charge >= 0.3 is 5.97 Å². The first-order valence-electron chi connectivity index (χ1n) is 8.53. The molecular weight excluding hydrogens is 382 g/mol. The summed E-state index contributed by atoms with van der Waals surface area (Å²) in [6.07, 6.45) is 1.40. The second kappa shape index (κ2) is 8.26. The van der Waals surface area contributed by atoms with Gasteiger partial charge in [-0.05, 0) is 30.7 Å². The van der Waals surface area contributed by atoms with E-state index in [4.69, 9.17) is 14.0 Å². The van der Waals surface area contributed by atoms with E-state index in [1.54, 1.807) is 43.3 Å². The number of carbonyl (C=O) groups excluding carboxylic acids is 1. The standard InChI is InChI=1S/C20H19NO6S/c1-3-26-20(22)18-14(13-28(23,24)15-7-5-4-6-8-15)9-10-16(19(18)25-2)17-11-12-27-21-17/h4-12H,3,13H2,1-2H3. The van der Waals surface area contributed by atoms with Crippen LogP contribution in [0.4, 0.5) is 0 Å². The zero-order valence-electron chi connectivity index (χ0n) is 15.4. The molecule has 28 heavy (non-hydrogen) atoms. The third-order valence-electron chi connectivity index (χ3n) is 4.09. The van der Waals surface area contributed by atoms with Crippen molar-refractivity contribution in [2.75, 3.05) is 13.7 Å². The summed E-state index contributed by atoms with van der Waals surface area (Å²) in [6, 6.07) is 12.9. The van der Waals surface area contributed by atoms with E-state index in [2.05, 4.69) is 5.16 Å². The van der Waals surface area contributed by atoms with Crippen LogP contribution in [-0.2, 0) is 20.3 Å². The summed E-state index contributed by atoms with van der Waals surface area (Å²) in [5.41, 5.74) is 1.30.